The maximum absolute atomic E-state index is 11.1. The minimum atomic E-state index is -0.822. The van der Waals surface area contributed by atoms with Crippen LogP contribution in [0.4, 0.5) is 0 Å². The summed E-state index contributed by atoms with van der Waals surface area (Å²) >= 11 is 0. The molecule has 0 spiro atoms. The van der Waals surface area contributed by atoms with Crippen molar-refractivity contribution in [2.24, 2.45) is 11.8 Å². The zero-order valence-electron chi connectivity index (χ0n) is 10.3. The number of carboxylic acid groups (broad SMARTS) is 1. The van der Waals surface area contributed by atoms with E-state index in [-0.39, 0.29) is 13.2 Å². The topological polar surface area (TPSA) is 90.1 Å². The molecule has 1 aromatic rings. The van der Waals surface area contributed by atoms with E-state index in [9.17, 15) is 4.79 Å². The fraction of sp³-hybridized carbons (Fsp3) is 0.800. The van der Waals surface area contributed by atoms with E-state index in [1.54, 1.807) is 7.11 Å². The van der Waals surface area contributed by atoms with E-state index in [4.69, 9.17) is 9.84 Å². The molecule has 0 aliphatic carbocycles. The SMILES string of the molecule is COCc1nnnn1CC(CC(C)C)C(=O)O. The first kappa shape index (κ1) is 13.6. The second kappa shape index (κ2) is 6.29. The molecule has 0 radical (unpaired) electrons. The van der Waals surface area contributed by atoms with E-state index in [0.717, 1.165) is 0 Å². The molecule has 1 unspecified atom stereocenters. The second-order valence-corrected chi connectivity index (χ2v) is 4.37. The van der Waals surface area contributed by atoms with Crippen LogP contribution >= 0.6 is 0 Å². The van der Waals surface area contributed by atoms with Crippen LogP contribution in [0.3, 0.4) is 0 Å². The molecule has 0 aromatic carbocycles. The van der Waals surface area contributed by atoms with Gasteiger partial charge >= 0.3 is 5.97 Å². The van der Waals surface area contributed by atoms with Crippen LogP contribution in [-0.2, 0) is 22.7 Å². The molecule has 0 saturated carbocycles. The maximum atomic E-state index is 11.1. The van der Waals surface area contributed by atoms with Crippen molar-refractivity contribution in [2.45, 2.75) is 33.4 Å². The molecule has 7 heteroatoms. The van der Waals surface area contributed by atoms with Crippen molar-refractivity contribution >= 4 is 5.97 Å². The van der Waals surface area contributed by atoms with Gasteiger partial charge < -0.3 is 9.84 Å². The zero-order valence-corrected chi connectivity index (χ0v) is 10.3. The van der Waals surface area contributed by atoms with E-state index in [0.29, 0.717) is 18.2 Å². The van der Waals surface area contributed by atoms with Gasteiger partial charge in [-0.3, -0.25) is 4.79 Å². The molecule has 1 heterocycles. The number of hydrogen-bond donors (Lipinski definition) is 1. The number of aliphatic carboxylic acids is 1. The molecule has 0 amide bonds. The van der Waals surface area contributed by atoms with E-state index in [1.807, 2.05) is 13.8 Å². The molecule has 0 bridgehead atoms. The van der Waals surface area contributed by atoms with Crippen molar-refractivity contribution in [3.05, 3.63) is 5.82 Å². The van der Waals surface area contributed by atoms with Crippen LogP contribution in [-0.4, -0.2) is 38.4 Å². The number of carbonyl (C=O) groups is 1. The van der Waals surface area contributed by atoms with E-state index in [2.05, 4.69) is 15.5 Å². The van der Waals surface area contributed by atoms with Gasteiger partial charge in [-0.05, 0) is 22.8 Å². The Morgan fingerprint density at radius 1 is 1.53 bits per heavy atom. The van der Waals surface area contributed by atoms with Crippen molar-refractivity contribution in [2.75, 3.05) is 7.11 Å². The quantitative estimate of drug-likeness (QED) is 0.751. The lowest BCUT2D eigenvalue weighted by Gasteiger charge is -2.14. The standard InChI is InChI=1S/C10H18N4O3/c1-7(2)4-8(10(15)16)5-14-9(6-17-3)11-12-13-14/h7-8H,4-6H2,1-3H3,(H,15,16). The molecule has 17 heavy (non-hydrogen) atoms. The van der Waals surface area contributed by atoms with Crippen LogP contribution in [0.15, 0.2) is 0 Å². The Morgan fingerprint density at radius 3 is 2.76 bits per heavy atom. The fourth-order valence-electron chi connectivity index (χ4n) is 1.63. The maximum Gasteiger partial charge on any atom is 0.308 e. The Bertz CT molecular complexity index is 364. The van der Waals surface area contributed by atoms with Gasteiger partial charge in [-0.2, -0.15) is 0 Å². The Labute approximate surface area is 99.8 Å². The number of hydrogen-bond acceptors (Lipinski definition) is 5. The average Bonchev–Trinajstić information content (AvgIpc) is 2.64. The van der Waals surface area contributed by atoms with Crippen LogP contribution in [0.25, 0.3) is 0 Å². The number of methoxy groups -OCH3 is 1. The third-order valence-corrected chi connectivity index (χ3v) is 2.38. The Hall–Kier alpha value is -1.50. The van der Waals surface area contributed by atoms with Crippen molar-refractivity contribution in [3.63, 3.8) is 0 Å². The molecular weight excluding hydrogens is 224 g/mol. The highest BCUT2D eigenvalue weighted by molar-refractivity contribution is 5.69. The van der Waals surface area contributed by atoms with E-state index < -0.39 is 11.9 Å². The summed E-state index contributed by atoms with van der Waals surface area (Å²) in [6, 6.07) is 0. The first-order chi connectivity index (χ1) is 8.04. The first-order valence-electron chi connectivity index (χ1n) is 5.51. The monoisotopic (exact) mass is 242 g/mol. The van der Waals surface area contributed by atoms with Gasteiger partial charge in [0.1, 0.15) is 6.61 Å². The van der Waals surface area contributed by atoms with Crippen molar-refractivity contribution in [1.82, 2.24) is 20.2 Å². The minimum absolute atomic E-state index is 0.277. The van der Waals surface area contributed by atoms with Gasteiger partial charge in [0.25, 0.3) is 0 Å². The van der Waals surface area contributed by atoms with Gasteiger partial charge in [-0.1, -0.05) is 13.8 Å². The summed E-state index contributed by atoms with van der Waals surface area (Å²) in [5.74, 6) is -0.437. The van der Waals surface area contributed by atoms with Crippen LogP contribution in [0.1, 0.15) is 26.1 Å². The molecular formula is C10H18N4O3. The molecule has 1 aromatic heterocycles. The van der Waals surface area contributed by atoms with Crippen LogP contribution in [0, 0.1) is 11.8 Å². The first-order valence-corrected chi connectivity index (χ1v) is 5.51. The molecule has 0 fully saturated rings. The molecule has 0 saturated heterocycles. The van der Waals surface area contributed by atoms with Gasteiger partial charge in [0.2, 0.25) is 0 Å². The fourth-order valence-corrected chi connectivity index (χ4v) is 1.63. The molecule has 0 aliphatic heterocycles. The lowest BCUT2D eigenvalue weighted by atomic mass is 9.97. The largest absolute Gasteiger partial charge is 0.481 e. The Kier molecular flexibility index (Phi) is 5.02. The Morgan fingerprint density at radius 2 is 2.24 bits per heavy atom. The van der Waals surface area contributed by atoms with Crippen molar-refractivity contribution < 1.29 is 14.6 Å². The Balaban J connectivity index is 2.71. The van der Waals surface area contributed by atoms with E-state index in [1.165, 1.54) is 4.68 Å². The van der Waals surface area contributed by atoms with Gasteiger partial charge in [-0.15, -0.1) is 5.10 Å². The average molecular weight is 242 g/mol. The second-order valence-electron chi connectivity index (χ2n) is 4.37. The number of nitrogens with zero attached hydrogens (tertiary/aromatic N) is 4. The third kappa shape index (κ3) is 4.10. The minimum Gasteiger partial charge on any atom is -0.481 e. The summed E-state index contributed by atoms with van der Waals surface area (Å²) in [5.41, 5.74) is 0. The molecule has 0 aliphatic rings. The normalized spacial score (nSPS) is 12.9. The van der Waals surface area contributed by atoms with E-state index >= 15 is 0 Å². The number of carboxylic acids is 1. The molecule has 7 nitrogen and oxygen atoms in total. The van der Waals surface area contributed by atoms with Gasteiger partial charge in [-0.25, -0.2) is 4.68 Å². The lowest BCUT2D eigenvalue weighted by Crippen LogP contribution is -2.23. The highest BCUT2D eigenvalue weighted by Crippen LogP contribution is 2.14. The predicted octanol–water partition coefficient (Wildman–Crippen LogP) is 0.566. The molecule has 1 rings (SSSR count). The molecule has 1 atom stereocenters. The number of tetrazole rings is 1. The smallest absolute Gasteiger partial charge is 0.308 e. The summed E-state index contributed by atoms with van der Waals surface area (Å²) in [5, 5.41) is 20.2. The van der Waals surface area contributed by atoms with Gasteiger partial charge in [0.15, 0.2) is 5.82 Å². The highest BCUT2D eigenvalue weighted by Gasteiger charge is 2.21. The lowest BCUT2D eigenvalue weighted by molar-refractivity contribution is -0.142. The van der Waals surface area contributed by atoms with Gasteiger partial charge in [0.05, 0.1) is 12.5 Å². The summed E-state index contributed by atoms with van der Waals surface area (Å²) in [7, 11) is 1.54. The number of ether oxygens (including phenoxy) is 1. The number of rotatable bonds is 7. The third-order valence-electron chi connectivity index (χ3n) is 2.38. The van der Waals surface area contributed by atoms with Crippen LogP contribution < -0.4 is 0 Å². The summed E-state index contributed by atoms with van der Waals surface area (Å²) in [4.78, 5) is 11.1. The summed E-state index contributed by atoms with van der Waals surface area (Å²) < 4.78 is 6.43. The summed E-state index contributed by atoms with van der Waals surface area (Å²) in [6.45, 7) is 4.54. The van der Waals surface area contributed by atoms with Crippen LogP contribution in [0.2, 0.25) is 0 Å². The van der Waals surface area contributed by atoms with Crippen LogP contribution in [0.5, 0.6) is 0 Å². The van der Waals surface area contributed by atoms with Crippen molar-refractivity contribution in [3.8, 4) is 0 Å². The highest BCUT2D eigenvalue weighted by atomic mass is 16.5. The zero-order chi connectivity index (χ0) is 12.8. The predicted molar refractivity (Wildman–Crippen MR) is 59.1 cm³/mol. The van der Waals surface area contributed by atoms with Crippen molar-refractivity contribution in [1.29, 1.82) is 0 Å². The number of aromatic nitrogens is 4. The molecule has 96 valence electrons. The summed E-state index contributed by atoms with van der Waals surface area (Å²) in [6.07, 6.45) is 0.599. The van der Waals surface area contributed by atoms with Gasteiger partial charge in [0, 0.05) is 7.11 Å². The molecule has 1 N–H and O–H groups in total.